The first-order chi connectivity index (χ1) is 11.8. The molecule has 0 fully saturated rings. The Hall–Kier alpha value is -2.62. The summed E-state index contributed by atoms with van der Waals surface area (Å²) in [6, 6.07) is 18.2. The summed E-state index contributed by atoms with van der Waals surface area (Å²) in [6.45, 7) is 1.10. The number of ether oxygens (including phenoxy) is 1. The zero-order chi connectivity index (χ0) is 17.0. The Morgan fingerprint density at radius 2 is 1.33 bits per heavy atom. The van der Waals surface area contributed by atoms with E-state index in [0.717, 1.165) is 25.7 Å². The smallest absolute Gasteiger partial charge is 0.338 e. The second-order valence-electron chi connectivity index (χ2n) is 5.54. The molecule has 0 aliphatic heterocycles. The average molecular weight is 325 g/mol. The quantitative estimate of drug-likeness (QED) is 0.563. The Morgan fingerprint density at radius 3 is 2.00 bits per heavy atom. The van der Waals surface area contributed by atoms with E-state index in [0.29, 0.717) is 24.3 Å². The van der Waals surface area contributed by atoms with Gasteiger partial charge in [-0.3, -0.25) is 4.79 Å². The summed E-state index contributed by atoms with van der Waals surface area (Å²) in [5.74, 6) is -0.307. The molecule has 0 bridgehead atoms. The van der Waals surface area contributed by atoms with Crippen molar-refractivity contribution in [1.82, 2.24) is 5.32 Å². The van der Waals surface area contributed by atoms with Gasteiger partial charge in [-0.25, -0.2) is 4.79 Å². The van der Waals surface area contributed by atoms with Gasteiger partial charge in [-0.15, -0.1) is 0 Å². The fraction of sp³-hybridized carbons (Fsp3) is 0.300. The summed E-state index contributed by atoms with van der Waals surface area (Å²) >= 11 is 0. The van der Waals surface area contributed by atoms with Crippen LogP contribution in [0.3, 0.4) is 0 Å². The van der Waals surface area contributed by atoms with E-state index in [9.17, 15) is 9.59 Å². The molecule has 4 heteroatoms. The van der Waals surface area contributed by atoms with Crippen LogP contribution in [0.5, 0.6) is 0 Å². The van der Waals surface area contributed by atoms with Crippen LogP contribution in [-0.4, -0.2) is 25.0 Å². The molecular formula is C20H23NO3. The molecule has 0 spiro atoms. The third kappa shape index (κ3) is 6.24. The van der Waals surface area contributed by atoms with E-state index >= 15 is 0 Å². The van der Waals surface area contributed by atoms with Gasteiger partial charge in [-0.2, -0.15) is 0 Å². The molecule has 0 unspecified atom stereocenters. The van der Waals surface area contributed by atoms with Gasteiger partial charge in [0.15, 0.2) is 0 Å². The zero-order valence-electron chi connectivity index (χ0n) is 13.7. The highest BCUT2D eigenvalue weighted by atomic mass is 16.5. The van der Waals surface area contributed by atoms with E-state index in [-0.39, 0.29) is 11.9 Å². The molecule has 0 heterocycles. The number of carbonyl (C=O) groups is 2. The summed E-state index contributed by atoms with van der Waals surface area (Å²) in [4.78, 5) is 23.5. The maximum Gasteiger partial charge on any atom is 0.338 e. The number of carbonyl (C=O) groups excluding carboxylic acids is 2. The second-order valence-corrected chi connectivity index (χ2v) is 5.54. The Morgan fingerprint density at radius 1 is 0.750 bits per heavy atom. The molecule has 0 atom stereocenters. The number of rotatable bonds is 9. The normalized spacial score (nSPS) is 10.2. The molecule has 1 amide bonds. The molecular weight excluding hydrogens is 302 g/mol. The second kappa shape index (κ2) is 10.2. The number of esters is 1. The van der Waals surface area contributed by atoms with Gasteiger partial charge < -0.3 is 10.1 Å². The third-order valence-corrected chi connectivity index (χ3v) is 3.64. The lowest BCUT2D eigenvalue weighted by Gasteiger charge is -2.06. The van der Waals surface area contributed by atoms with Gasteiger partial charge in [-0.05, 0) is 43.5 Å². The monoisotopic (exact) mass is 325 g/mol. The summed E-state index contributed by atoms with van der Waals surface area (Å²) < 4.78 is 5.22. The molecule has 0 saturated carbocycles. The molecule has 0 saturated heterocycles. The average Bonchev–Trinajstić information content (AvgIpc) is 2.65. The minimum Gasteiger partial charge on any atom is -0.462 e. The molecule has 0 aliphatic carbocycles. The van der Waals surface area contributed by atoms with Crippen molar-refractivity contribution in [3.05, 3.63) is 71.8 Å². The molecule has 2 aromatic carbocycles. The van der Waals surface area contributed by atoms with Crippen molar-refractivity contribution < 1.29 is 14.3 Å². The summed E-state index contributed by atoms with van der Waals surface area (Å²) in [6.07, 6.45) is 3.73. The van der Waals surface area contributed by atoms with Gasteiger partial charge in [0.25, 0.3) is 5.91 Å². The van der Waals surface area contributed by atoms with Crippen molar-refractivity contribution >= 4 is 11.9 Å². The van der Waals surface area contributed by atoms with Crippen LogP contribution in [-0.2, 0) is 4.74 Å². The van der Waals surface area contributed by atoms with Crippen LogP contribution < -0.4 is 5.32 Å². The van der Waals surface area contributed by atoms with Crippen LogP contribution in [0, 0.1) is 0 Å². The van der Waals surface area contributed by atoms with E-state index < -0.39 is 0 Å². The molecule has 126 valence electrons. The Kier molecular flexibility index (Phi) is 7.54. The SMILES string of the molecule is O=C(NCCCCCCOC(=O)c1ccccc1)c1ccccc1. The number of unbranched alkanes of at least 4 members (excludes halogenated alkanes) is 3. The van der Waals surface area contributed by atoms with Crippen molar-refractivity contribution in [2.75, 3.05) is 13.2 Å². The van der Waals surface area contributed by atoms with Crippen LogP contribution >= 0.6 is 0 Å². The first-order valence-corrected chi connectivity index (χ1v) is 8.33. The number of hydrogen-bond acceptors (Lipinski definition) is 3. The number of amides is 1. The van der Waals surface area contributed by atoms with Crippen LogP contribution in [0.2, 0.25) is 0 Å². The van der Waals surface area contributed by atoms with Gasteiger partial charge in [0.1, 0.15) is 0 Å². The molecule has 0 radical (unpaired) electrons. The lowest BCUT2D eigenvalue weighted by molar-refractivity contribution is 0.0497. The Bertz CT molecular complexity index is 568. The number of benzene rings is 2. The fourth-order valence-corrected chi connectivity index (χ4v) is 2.30. The molecule has 24 heavy (non-hydrogen) atoms. The Labute approximate surface area is 142 Å². The van der Waals surface area contributed by atoms with Crippen LogP contribution in [0.15, 0.2) is 60.7 Å². The highest BCUT2D eigenvalue weighted by molar-refractivity contribution is 5.94. The Balaban J connectivity index is 1.48. The number of hydrogen-bond donors (Lipinski definition) is 1. The van der Waals surface area contributed by atoms with Gasteiger partial charge in [0.2, 0.25) is 0 Å². The standard InChI is InChI=1S/C20H23NO3/c22-19(17-11-5-3-6-12-17)21-15-9-1-2-10-16-24-20(23)18-13-7-4-8-14-18/h3-8,11-14H,1-2,9-10,15-16H2,(H,21,22). The third-order valence-electron chi connectivity index (χ3n) is 3.64. The maximum absolute atomic E-state index is 11.8. The molecule has 1 N–H and O–H groups in total. The van der Waals surface area contributed by atoms with E-state index in [1.165, 1.54) is 0 Å². The van der Waals surface area contributed by atoms with E-state index in [1.807, 2.05) is 36.4 Å². The molecule has 0 aliphatic rings. The van der Waals surface area contributed by atoms with E-state index in [4.69, 9.17) is 4.74 Å². The first kappa shape index (κ1) is 17.7. The minimum atomic E-state index is -0.272. The molecule has 4 nitrogen and oxygen atoms in total. The maximum atomic E-state index is 11.8. The van der Waals surface area contributed by atoms with Crippen LogP contribution in [0.25, 0.3) is 0 Å². The number of nitrogens with one attached hydrogen (secondary N) is 1. The summed E-state index contributed by atoms with van der Waals surface area (Å²) in [5, 5.41) is 2.91. The van der Waals surface area contributed by atoms with Crippen LogP contribution in [0.4, 0.5) is 0 Å². The van der Waals surface area contributed by atoms with Crippen molar-refractivity contribution in [2.45, 2.75) is 25.7 Å². The first-order valence-electron chi connectivity index (χ1n) is 8.33. The predicted octanol–water partition coefficient (Wildman–Crippen LogP) is 3.83. The van der Waals surface area contributed by atoms with Crippen LogP contribution in [0.1, 0.15) is 46.4 Å². The fourth-order valence-electron chi connectivity index (χ4n) is 2.30. The van der Waals surface area contributed by atoms with Gasteiger partial charge in [0, 0.05) is 12.1 Å². The summed E-state index contributed by atoms with van der Waals surface area (Å²) in [5.41, 5.74) is 1.27. The minimum absolute atomic E-state index is 0.0348. The van der Waals surface area contributed by atoms with Gasteiger partial charge >= 0.3 is 5.97 Å². The van der Waals surface area contributed by atoms with E-state index in [1.54, 1.807) is 24.3 Å². The van der Waals surface area contributed by atoms with Crippen molar-refractivity contribution in [1.29, 1.82) is 0 Å². The van der Waals surface area contributed by atoms with Gasteiger partial charge in [-0.1, -0.05) is 42.8 Å². The topological polar surface area (TPSA) is 55.4 Å². The lowest BCUT2D eigenvalue weighted by Crippen LogP contribution is -2.24. The zero-order valence-corrected chi connectivity index (χ0v) is 13.7. The van der Waals surface area contributed by atoms with Gasteiger partial charge in [0.05, 0.1) is 12.2 Å². The van der Waals surface area contributed by atoms with Crippen molar-refractivity contribution in [3.63, 3.8) is 0 Å². The molecule has 2 rings (SSSR count). The van der Waals surface area contributed by atoms with E-state index in [2.05, 4.69) is 5.32 Å². The highest BCUT2D eigenvalue weighted by Crippen LogP contribution is 2.04. The largest absolute Gasteiger partial charge is 0.462 e. The molecule has 0 aromatic heterocycles. The van der Waals surface area contributed by atoms with Crippen molar-refractivity contribution in [3.8, 4) is 0 Å². The molecule has 2 aromatic rings. The summed E-state index contributed by atoms with van der Waals surface area (Å²) in [7, 11) is 0. The van der Waals surface area contributed by atoms with Crippen molar-refractivity contribution in [2.24, 2.45) is 0 Å². The highest BCUT2D eigenvalue weighted by Gasteiger charge is 2.05. The predicted molar refractivity (Wildman–Crippen MR) is 94.0 cm³/mol. The lowest BCUT2D eigenvalue weighted by atomic mass is 10.2.